The van der Waals surface area contributed by atoms with Gasteiger partial charge in [-0.1, -0.05) is 29.8 Å². The Hall–Kier alpha value is -2.24. The smallest absolute Gasteiger partial charge is 0.253 e. The van der Waals surface area contributed by atoms with E-state index in [0.717, 1.165) is 47.8 Å². The molecule has 5 heteroatoms. The first-order valence-electron chi connectivity index (χ1n) is 9.07. The first-order valence-corrected chi connectivity index (χ1v) is 9.89. The molecule has 1 saturated heterocycles. The van der Waals surface area contributed by atoms with Crippen molar-refractivity contribution in [1.29, 1.82) is 0 Å². The minimum absolute atomic E-state index is 0.140. The van der Waals surface area contributed by atoms with Gasteiger partial charge in [0.25, 0.3) is 5.91 Å². The third-order valence-electron chi connectivity index (χ3n) is 5.08. The Kier molecular flexibility index (Phi) is 4.74. The molecule has 4 rings (SSSR count). The van der Waals surface area contributed by atoms with Gasteiger partial charge in [0.15, 0.2) is 0 Å². The van der Waals surface area contributed by atoms with Crippen LogP contribution in [0.4, 0.5) is 0 Å². The minimum Gasteiger partial charge on any atom is -0.336 e. The van der Waals surface area contributed by atoms with E-state index in [9.17, 15) is 4.79 Å². The van der Waals surface area contributed by atoms with Gasteiger partial charge in [0, 0.05) is 31.7 Å². The van der Waals surface area contributed by atoms with Crippen LogP contribution in [0.15, 0.2) is 48.5 Å². The van der Waals surface area contributed by atoms with Crippen LogP contribution >= 0.6 is 11.3 Å². The van der Waals surface area contributed by atoms with Gasteiger partial charge in [-0.2, -0.15) is 0 Å². The van der Waals surface area contributed by atoms with Crippen LogP contribution in [0.25, 0.3) is 10.2 Å². The number of rotatable bonds is 3. The van der Waals surface area contributed by atoms with Crippen molar-refractivity contribution in [3.8, 4) is 0 Å². The molecule has 0 radical (unpaired) electrons. The molecule has 1 aliphatic heterocycles. The molecule has 0 aliphatic carbocycles. The van der Waals surface area contributed by atoms with Crippen LogP contribution in [0.5, 0.6) is 0 Å². The third kappa shape index (κ3) is 3.37. The summed E-state index contributed by atoms with van der Waals surface area (Å²) in [6, 6.07) is 16.4. The van der Waals surface area contributed by atoms with Crippen molar-refractivity contribution in [2.75, 3.05) is 26.2 Å². The molecule has 134 valence electrons. The zero-order valence-corrected chi connectivity index (χ0v) is 16.0. The summed E-state index contributed by atoms with van der Waals surface area (Å²) >= 11 is 1.77. The summed E-state index contributed by atoms with van der Waals surface area (Å²) in [5.74, 6) is 0.140. The summed E-state index contributed by atoms with van der Waals surface area (Å²) in [4.78, 5) is 21.9. The highest BCUT2D eigenvalue weighted by atomic mass is 32.1. The summed E-state index contributed by atoms with van der Waals surface area (Å²) in [6.45, 7) is 7.54. The topological polar surface area (TPSA) is 36.4 Å². The summed E-state index contributed by atoms with van der Waals surface area (Å²) in [6.07, 6.45) is 0. The molecule has 0 unspecified atom stereocenters. The third-order valence-corrected chi connectivity index (χ3v) is 6.29. The Labute approximate surface area is 158 Å². The van der Waals surface area contributed by atoms with Crippen molar-refractivity contribution < 1.29 is 4.79 Å². The van der Waals surface area contributed by atoms with Gasteiger partial charge in [0.2, 0.25) is 0 Å². The molecule has 1 aliphatic rings. The van der Waals surface area contributed by atoms with Gasteiger partial charge in [-0.05, 0) is 38.1 Å². The van der Waals surface area contributed by atoms with Crippen LogP contribution < -0.4 is 0 Å². The number of hydrogen-bond acceptors (Lipinski definition) is 4. The number of thiazole rings is 1. The monoisotopic (exact) mass is 365 g/mol. The van der Waals surface area contributed by atoms with Crippen LogP contribution in [-0.4, -0.2) is 46.9 Å². The van der Waals surface area contributed by atoms with Crippen molar-refractivity contribution in [2.24, 2.45) is 0 Å². The maximum Gasteiger partial charge on any atom is 0.253 e. The van der Waals surface area contributed by atoms with Gasteiger partial charge in [-0.3, -0.25) is 9.69 Å². The highest BCUT2D eigenvalue weighted by Crippen LogP contribution is 2.30. The lowest BCUT2D eigenvalue weighted by Gasteiger charge is -2.37. The minimum atomic E-state index is 0.140. The van der Waals surface area contributed by atoms with Gasteiger partial charge in [0.1, 0.15) is 5.01 Å². The van der Waals surface area contributed by atoms with E-state index in [-0.39, 0.29) is 11.9 Å². The van der Waals surface area contributed by atoms with Gasteiger partial charge in [-0.25, -0.2) is 4.98 Å². The molecular formula is C21H23N3OS. The molecule has 2 heterocycles. The number of para-hydroxylation sites is 1. The van der Waals surface area contributed by atoms with Crippen LogP contribution in [0.3, 0.4) is 0 Å². The lowest BCUT2D eigenvalue weighted by atomic mass is 10.1. The number of aromatic nitrogens is 1. The molecule has 26 heavy (non-hydrogen) atoms. The van der Waals surface area contributed by atoms with E-state index in [2.05, 4.69) is 30.0 Å². The maximum absolute atomic E-state index is 12.7. The number of hydrogen-bond donors (Lipinski definition) is 0. The molecule has 1 atom stereocenters. The summed E-state index contributed by atoms with van der Waals surface area (Å²) in [5, 5.41) is 1.16. The number of carbonyl (C=O) groups is 1. The van der Waals surface area contributed by atoms with Crippen molar-refractivity contribution in [3.63, 3.8) is 0 Å². The Bertz CT molecular complexity index is 895. The predicted octanol–water partition coefficient (Wildman–Crippen LogP) is 4.12. The highest BCUT2D eigenvalue weighted by molar-refractivity contribution is 7.18. The van der Waals surface area contributed by atoms with Crippen molar-refractivity contribution in [2.45, 2.75) is 19.9 Å². The number of aryl methyl sites for hydroxylation is 1. The molecule has 4 nitrogen and oxygen atoms in total. The maximum atomic E-state index is 12.7. The average Bonchev–Trinajstić information content (AvgIpc) is 3.11. The molecular weight excluding hydrogens is 342 g/mol. The molecule has 0 saturated carbocycles. The Morgan fingerprint density at radius 2 is 1.85 bits per heavy atom. The Morgan fingerprint density at radius 3 is 2.58 bits per heavy atom. The predicted molar refractivity (Wildman–Crippen MR) is 107 cm³/mol. The summed E-state index contributed by atoms with van der Waals surface area (Å²) < 4.78 is 1.24. The van der Waals surface area contributed by atoms with E-state index in [1.807, 2.05) is 42.2 Å². The van der Waals surface area contributed by atoms with Crippen LogP contribution in [-0.2, 0) is 0 Å². The van der Waals surface area contributed by atoms with Crippen molar-refractivity contribution in [1.82, 2.24) is 14.8 Å². The van der Waals surface area contributed by atoms with Gasteiger partial charge in [-0.15, -0.1) is 11.3 Å². The largest absolute Gasteiger partial charge is 0.336 e. The van der Waals surface area contributed by atoms with Crippen molar-refractivity contribution in [3.05, 3.63) is 64.7 Å². The average molecular weight is 366 g/mol. The number of carbonyl (C=O) groups excluding carboxylic acids is 1. The fraction of sp³-hybridized carbons (Fsp3) is 0.333. The van der Waals surface area contributed by atoms with Crippen LogP contribution in [0.2, 0.25) is 0 Å². The molecule has 2 aromatic carbocycles. The second kappa shape index (κ2) is 7.17. The fourth-order valence-corrected chi connectivity index (χ4v) is 4.55. The Morgan fingerprint density at radius 1 is 1.08 bits per heavy atom. The molecule has 1 aromatic heterocycles. The van der Waals surface area contributed by atoms with E-state index in [4.69, 9.17) is 4.98 Å². The van der Waals surface area contributed by atoms with E-state index in [1.54, 1.807) is 11.3 Å². The zero-order chi connectivity index (χ0) is 18.1. The first-order chi connectivity index (χ1) is 12.6. The quantitative estimate of drug-likeness (QED) is 0.700. The van der Waals surface area contributed by atoms with E-state index in [1.165, 1.54) is 4.70 Å². The molecule has 1 fully saturated rings. The van der Waals surface area contributed by atoms with Gasteiger partial charge >= 0.3 is 0 Å². The molecule has 1 amide bonds. The number of fused-ring (bicyclic) bond motifs is 1. The fourth-order valence-electron chi connectivity index (χ4n) is 3.50. The van der Waals surface area contributed by atoms with E-state index >= 15 is 0 Å². The highest BCUT2D eigenvalue weighted by Gasteiger charge is 2.26. The summed E-state index contributed by atoms with van der Waals surface area (Å²) in [5.41, 5.74) is 2.99. The molecule has 3 aromatic rings. The molecule has 0 N–H and O–H groups in total. The second-order valence-corrected chi connectivity index (χ2v) is 7.96. The SMILES string of the molecule is Cc1cccc(C(=O)N2CCN([C@@H](C)c3nc4ccccc4s3)CC2)c1. The van der Waals surface area contributed by atoms with E-state index in [0.29, 0.717) is 0 Å². The second-order valence-electron chi connectivity index (χ2n) is 6.89. The Balaban J connectivity index is 1.42. The lowest BCUT2D eigenvalue weighted by molar-refractivity contribution is 0.0582. The number of benzene rings is 2. The van der Waals surface area contributed by atoms with Crippen LogP contribution in [0, 0.1) is 6.92 Å². The summed E-state index contributed by atoms with van der Waals surface area (Å²) in [7, 11) is 0. The number of amides is 1. The number of nitrogens with zero attached hydrogens (tertiary/aromatic N) is 3. The standard InChI is InChI=1S/C21H23N3OS/c1-15-6-5-7-17(14-15)21(25)24-12-10-23(11-13-24)16(2)20-22-18-8-3-4-9-19(18)26-20/h3-9,14,16H,10-13H2,1-2H3/t16-/m0/s1. The zero-order valence-electron chi connectivity index (χ0n) is 15.2. The molecule has 0 bridgehead atoms. The first kappa shape index (κ1) is 17.2. The molecule has 0 spiro atoms. The van der Waals surface area contributed by atoms with E-state index < -0.39 is 0 Å². The van der Waals surface area contributed by atoms with Crippen LogP contribution in [0.1, 0.15) is 33.9 Å². The lowest BCUT2D eigenvalue weighted by Crippen LogP contribution is -2.49. The normalized spacial score (nSPS) is 16.8. The van der Waals surface area contributed by atoms with Gasteiger partial charge < -0.3 is 4.90 Å². The van der Waals surface area contributed by atoms with Gasteiger partial charge in [0.05, 0.1) is 16.3 Å². The number of piperazine rings is 1. The van der Waals surface area contributed by atoms with Crippen molar-refractivity contribution >= 4 is 27.5 Å².